The molecule has 3 fully saturated rings. The van der Waals surface area contributed by atoms with Crippen molar-refractivity contribution in [1.29, 1.82) is 0 Å². The lowest BCUT2D eigenvalue weighted by Crippen LogP contribution is -2.61. The van der Waals surface area contributed by atoms with Crippen molar-refractivity contribution in [2.24, 2.45) is 17.3 Å². The standard InChI is InChI=1S/C24H32O9/c1-24-7-6-13-12-5-3-11(25)8-10(12)2-4-14(13)15(24)9-16(21(24)29)32-23-19(28)17(26)18(27)20(33-23)22(30)31/h3,5,8,13-21,23,25-29H,2,4,6-7,9H2,1H3,(H,30,31)/t13-,14-,15+,16+,17+,18+,19-,20+,21+,23+,24+/m1/s1. The summed E-state index contributed by atoms with van der Waals surface area (Å²) in [6, 6.07) is 5.58. The third kappa shape index (κ3) is 3.57. The van der Waals surface area contributed by atoms with Crippen LogP contribution in [0.15, 0.2) is 18.2 Å². The van der Waals surface area contributed by atoms with Gasteiger partial charge in [-0.05, 0) is 78.5 Å². The number of phenols is 1. The fourth-order valence-electron chi connectivity index (χ4n) is 7.00. The molecule has 3 aliphatic carbocycles. The maximum Gasteiger partial charge on any atom is 0.335 e. The van der Waals surface area contributed by atoms with Crippen molar-refractivity contribution in [2.75, 3.05) is 0 Å². The molecular formula is C24H32O9. The van der Waals surface area contributed by atoms with Crippen LogP contribution in [0.5, 0.6) is 5.75 Å². The second kappa shape index (κ2) is 8.18. The molecule has 9 heteroatoms. The number of carbonyl (C=O) groups is 1. The van der Waals surface area contributed by atoms with Crippen molar-refractivity contribution in [3.8, 4) is 5.75 Å². The molecular weight excluding hydrogens is 432 g/mol. The molecule has 6 N–H and O–H groups in total. The number of carboxylic acids is 1. The number of carboxylic acid groups (broad SMARTS) is 1. The van der Waals surface area contributed by atoms with E-state index in [1.54, 1.807) is 6.07 Å². The number of aromatic hydroxyl groups is 1. The van der Waals surface area contributed by atoms with Gasteiger partial charge in [0.1, 0.15) is 24.1 Å². The first-order valence-electron chi connectivity index (χ1n) is 11.7. The molecule has 1 aromatic rings. The summed E-state index contributed by atoms with van der Waals surface area (Å²) in [5.41, 5.74) is 2.04. The van der Waals surface area contributed by atoms with Crippen LogP contribution in [0, 0.1) is 17.3 Å². The molecule has 2 saturated carbocycles. The molecule has 33 heavy (non-hydrogen) atoms. The number of ether oxygens (including phenoxy) is 2. The second-order valence-corrected chi connectivity index (χ2v) is 10.4. The first-order chi connectivity index (χ1) is 15.6. The molecule has 1 heterocycles. The van der Waals surface area contributed by atoms with Crippen LogP contribution in [-0.2, 0) is 20.7 Å². The van der Waals surface area contributed by atoms with Gasteiger partial charge >= 0.3 is 5.97 Å². The lowest BCUT2D eigenvalue weighted by molar-refractivity contribution is -0.309. The predicted octanol–water partition coefficient (Wildman–Crippen LogP) is 0.496. The summed E-state index contributed by atoms with van der Waals surface area (Å²) in [6.07, 6.45) is -5.89. The van der Waals surface area contributed by atoms with Gasteiger partial charge in [0.2, 0.25) is 0 Å². The summed E-state index contributed by atoms with van der Waals surface area (Å²) in [7, 11) is 0. The van der Waals surface area contributed by atoms with Crippen LogP contribution in [0.1, 0.15) is 49.7 Å². The van der Waals surface area contributed by atoms with Crippen molar-refractivity contribution in [3.63, 3.8) is 0 Å². The van der Waals surface area contributed by atoms with E-state index >= 15 is 0 Å². The van der Waals surface area contributed by atoms with E-state index < -0.39 is 54.3 Å². The number of aliphatic hydroxyl groups excluding tert-OH is 4. The highest BCUT2D eigenvalue weighted by molar-refractivity contribution is 5.73. The van der Waals surface area contributed by atoms with E-state index in [2.05, 4.69) is 6.92 Å². The number of rotatable bonds is 3. The number of phenolic OH excluding ortho intramolecular Hbond substituents is 1. The van der Waals surface area contributed by atoms with Crippen molar-refractivity contribution >= 4 is 5.97 Å². The van der Waals surface area contributed by atoms with E-state index in [9.17, 15) is 35.4 Å². The zero-order chi connectivity index (χ0) is 23.7. The van der Waals surface area contributed by atoms with Crippen molar-refractivity contribution in [3.05, 3.63) is 29.3 Å². The predicted molar refractivity (Wildman–Crippen MR) is 113 cm³/mol. The molecule has 0 bridgehead atoms. The van der Waals surface area contributed by atoms with Crippen LogP contribution in [0.2, 0.25) is 0 Å². The highest BCUT2D eigenvalue weighted by atomic mass is 16.7. The van der Waals surface area contributed by atoms with Crippen molar-refractivity contribution < 1.29 is 44.9 Å². The number of fused-ring (bicyclic) bond motifs is 5. The molecule has 0 radical (unpaired) electrons. The Kier molecular flexibility index (Phi) is 5.70. The first-order valence-corrected chi connectivity index (χ1v) is 11.7. The van der Waals surface area contributed by atoms with Gasteiger partial charge in [0, 0.05) is 0 Å². The number of aliphatic hydroxyl groups is 4. The Morgan fingerprint density at radius 2 is 1.88 bits per heavy atom. The fraction of sp³-hybridized carbons (Fsp3) is 0.708. The van der Waals surface area contributed by atoms with Crippen molar-refractivity contribution in [1.82, 2.24) is 0 Å². The Morgan fingerprint density at radius 1 is 1.12 bits per heavy atom. The van der Waals surface area contributed by atoms with Crippen LogP contribution < -0.4 is 0 Å². The minimum absolute atomic E-state index is 0.157. The van der Waals surface area contributed by atoms with Gasteiger partial charge in [0.05, 0.1) is 12.2 Å². The quantitative estimate of drug-likeness (QED) is 0.375. The average Bonchev–Trinajstić information content (AvgIpc) is 3.03. The van der Waals surface area contributed by atoms with E-state index in [0.717, 1.165) is 25.7 Å². The zero-order valence-electron chi connectivity index (χ0n) is 18.4. The average molecular weight is 465 g/mol. The van der Waals surface area contributed by atoms with Gasteiger partial charge in [0.15, 0.2) is 12.4 Å². The van der Waals surface area contributed by atoms with Gasteiger partial charge in [-0.15, -0.1) is 0 Å². The largest absolute Gasteiger partial charge is 0.508 e. The summed E-state index contributed by atoms with van der Waals surface area (Å²) in [4.78, 5) is 11.4. The number of hydrogen-bond donors (Lipinski definition) is 6. The Bertz CT molecular complexity index is 921. The monoisotopic (exact) mass is 464 g/mol. The fourth-order valence-corrected chi connectivity index (χ4v) is 7.00. The van der Waals surface area contributed by atoms with E-state index in [1.807, 2.05) is 12.1 Å². The molecule has 0 aromatic heterocycles. The Balaban J connectivity index is 1.36. The Hall–Kier alpha value is -1.75. The van der Waals surface area contributed by atoms with E-state index in [4.69, 9.17) is 9.47 Å². The molecule has 0 amide bonds. The van der Waals surface area contributed by atoms with Crippen LogP contribution >= 0.6 is 0 Å². The molecule has 9 nitrogen and oxygen atoms in total. The Labute approximate surface area is 191 Å². The van der Waals surface area contributed by atoms with Gasteiger partial charge in [-0.3, -0.25) is 0 Å². The highest BCUT2D eigenvalue weighted by Crippen LogP contribution is 2.61. The number of aliphatic carboxylic acids is 1. The summed E-state index contributed by atoms with van der Waals surface area (Å²) >= 11 is 0. The molecule has 11 atom stereocenters. The van der Waals surface area contributed by atoms with Crippen LogP contribution in [0.4, 0.5) is 0 Å². The summed E-state index contributed by atoms with van der Waals surface area (Å²) < 4.78 is 11.2. The van der Waals surface area contributed by atoms with Gasteiger partial charge < -0.3 is 40.1 Å². The molecule has 0 unspecified atom stereocenters. The van der Waals surface area contributed by atoms with E-state index in [-0.39, 0.29) is 11.7 Å². The lowest BCUT2D eigenvalue weighted by atomic mass is 9.55. The molecule has 4 aliphatic rings. The molecule has 0 spiro atoms. The molecule has 1 aliphatic heterocycles. The minimum atomic E-state index is -1.78. The highest BCUT2D eigenvalue weighted by Gasteiger charge is 2.59. The lowest BCUT2D eigenvalue weighted by Gasteiger charge is -2.49. The van der Waals surface area contributed by atoms with Crippen LogP contribution in [0.3, 0.4) is 0 Å². The van der Waals surface area contributed by atoms with Crippen molar-refractivity contribution in [2.45, 2.75) is 87.9 Å². The summed E-state index contributed by atoms with van der Waals surface area (Å²) in [6.45, 7) is 2.06. The third-order valence-corrected chi connectivity index (χ3v) is 8.78. The molecule has 5 rings (SSSR count). The van der Waals surface area contributed by atoms with Crippen LogP contribution in [0.25, 0.3) is 0 Å². The van der Waals surface area contributed by atoms with Gasteiger partial charge in [-0.2, -0.15) is 0 Å². The number of aryl methyl sites for hydroxylation is 1. The smallest absolute Gasteiger partial charge is 0.335 e. The number of hydrogen-bond acceptors (Lipinski definition) is 8. The van der Waals surface area contributed by atoms with Gasteiger partial charge in [-0.1, -0.05) is 13.0 Å². The minimum Gasteiger partial charge on any atom is -0.508 e. The molecule has 182 valence electrons. The number of benzene rings is 1. The van der Waals surface area contributed by atoms with Gasteiger partial charge in [0.25, 0.3) is 0 Å². The zero-order valence-corrected chi connectivity index (χ0v) is 18.4. The third-order valence-electron chi connectivity index (χ3n) is 8.78. The normalized spacial score (nSPS) is 46.8. The summed E-state index contributed by atoms with van der Waals surface area (Å²) in [5, 5.41) is 60.7. The van der Waals surface area contributed by atoms with E-state index in [1.165, 1.54) is 11.1 Å². The molecule has 1 aromatic carbocycles. The Morgan fingerprint density at radius 3 is 2.61 bits per heavy atom. The van der Waals surface area contributed by atoms with Gasteiger partial charge in [-0.25, -0.2) is 4.79 Å². The first kappa shape index (κ1) is 23.0. The summed E-state index contributed by atoms with van der Waals surface area (Å²) in [5.74, 6) is -0.367. The second-order valence-electron chi connectivity index (χ2n) is 10.4. The molecule has 1 saturated heterocycles. The van der Waals surface area contributed by atoms with Crippen LogP contribution in [-0.4, -0.2) is 79.5 Å². The topological polar surface area (TPSA) is 157 Å². The maximum absolute atomic E-state index is 11.4. The maximum atomic E-state index is 11.4. The SMILES string of the molecule is C[C@]12CC[C@@H]3c4ccc(O)cc4CC[C@H]3[C@@H]1C[C@H](O[C@H]1O[C@H](C(=O)O)[C@@H](O)[C@H](O)[C@H]1O)[C@@H]2O. The van der Waals surface area contributed by atoms with E-state index in [0.29, 0.717) is 18.3 Å².